The van der Waals surface area contributed by atoms with Crippen molar-refractivity contribution in [2.45, 2.75) is 69.7 Å². The van der Waals surface area contributed by atoms with E-state index in [2.05, 4.69) is 0 Å². The Hall–Kier alpha value is -0.910. The fraction of sp³-hybridized carbons (Fsp3) is 0.917. The van der Waals surface area contributed by atoms with E-state index in [0.717, 1.165) is 4.90 Å². The summed E-state index contributed by atoms with van der Waals surface area (Å²) in [7, 11) is 0. The zero-order valence-electron chi connectivity index (χ0n) is 10.8. The van der Waals surface area contributed by atoms with Crippen LogP contribution in [0.15, 0.2) is 0 Å². The molecule has 2 rings (SSSR count). The topological polar surface area (TPSA) is 49.8 Å². The third-order valence-electron chi connectivity index (χ3n) is 3.37. The first-order chi connectivity index (χ1) is 8.10. The summed E-state index contributed by atoms with van der Waals surface area (Å²) in [4.78, 5) is 13.1. The molecule has 0 aliphatic carbocycles. The van der Waals surface area contributed by atoms with Gasteiger partial charge >= 0.3 is 6.09 Å². The second-order valence-electron chi connectivity index (χ2n) is 6.15. The molecule has 6 heteroatoms. The van der Waals surface area contributed by atoms with E-state index in [1.165, 1.54) is 0 Å². The number of aliphatic hydroxyl groups is 1. The van der Waals surface area contributed by atoms with Crippen LogP contribution >= 0.6 is 0 Å². The van der Waals surface area contributed by atoms with Gasteiger partial charge in [-0.25, -0.2) is 13.6 Å². The quantitative estimate of drug-likeness (QED) is 0.728. The van der Waals surface area contributed by atoms with E-state index in [1.54, 1.807) is 20.8 Å². The predicted octanol–water partition coefficient (Wildman–Crippen LogP) is 2.15. The number of fused-ring (bicyclic) bond motifs is 2. The molecule has 0 saturated carbocycles. The monoisotopic (exact) mass is 263 g/mol. The third-order valence-corrected chi connectivity index (χ3v) is 3.37. The van der Waals surface area contributed by atoms with Crippen molar-refractivity contribution in [1.29, 1.82) is 0 Å². The number of halogens is 2. The molecule has 104 valence electrons. The second-order valence-corrected chi connectivity index (χ2v) is 6.15. The minimum absolute atomic E-state index is 0.0806. The Labute approximate surface area is 105 Å². The zero-order chi connectivity index (χ0) is 13.7. The fourth-order valence-electron chi connectivity index (χ4n) is 2.75. The molecule has 2 aliphatic heterocycles. The van der Waals surface area contributed by atoms with Crippen LogP contribution in [0, 0.1) is 0 Å². The Morgan fingerprint density at radius 1 is 1.39 bits per heavy atom. The summed E-state index contributed by atoms with van der Waals surface area (Å²) in [6.07, 6.45) is -1.73. The number of amides is 1. The molecule has 0 aromatic heterocycles. The van der Waals surface area contributed by atoms with Crippen LogP contribution in [0.2, 0.25) is 0 Å². The first-order valence-electron chi connectivity index (χ1n) is 6.17. The molecule has 1 N–H and O–H groups in total. The van der Waals surface area contributed by atoms with Crippen molar-refractivity contribution in [1.82, 2.24) is 4.90 Å². The lowest BCUT2D eigenvalue weighted by Crippen LogP contribution is -2.52. The van der Waals surface area contributed by atoms with Gasteiger partial charge in [0.05, 0.1) is 6.10 Å². The van der Waals surface area contributed by atoms with Gasteiger partial charge < -0.3 is 9.84 Å². The first kappa shape index (κ1) is 13.5. The Balaban J connectivity index is 2.17. The molecule has 2 heterocycles. The Morgan fingerprint density at radius 3 is 2.50 bits per heavy atom. The van der Waals surface area contributed by atoms with E-state index in [-0.39, 0.29) is 19.3 Å². The van der Waals surface area contributed by atoms with Crippen molar-refractivity contribution in [2.24, 2.45) is 0 Å². The smallest absolute Gasteiger partial charge is 0.411 e. The molecule has 2 aliphatic rings. The van der Waals surface area contributed by atoms with E-state index in [9.17, 15) is 18.7 Å². The zero-order valence-corrected chi connectivity index (χ0v) is 10.8. The summed E-state index contributed by atoms with van der Waals surface area (Å²) in [5.74, 6) is -2.93. The van der Waals surface area contributed by atoms with Crippen molar-refractivity contribution < 1.29 is 23.4 Å². The van der Waals surface area contributed by atoms with E-state index in [0.29, 0.717) is 0 Å². The SMILES string of the molecule is CC(C)(C)OC(=O)N1C2C[C@@H](O)C[C@@H]1C(F)(F)C2. The Morgan fingerprint density at radius 2 is 2.00 bits per heavy atom. The fourth-order valence-corrected chi connectivity index (χ4v) is 2.75. The summed E-state index contributed by atoms with van der Waals surface area (Å²) < 4.78 is 32.7. The molecular weight excluding hydrogens is 244 g/mol. The van der Waals surface area contributed by atoms with Gasteiger partial charge in [-0.05, 0) is 33.6 Å². The first-order valence-corrected chi connectivity index (χ1v) is 6.17. The maximum absolute atomic E-state index is 13.8. The van der Waals surface area contributed by atoms with Gasteiger partial charge in [-0.3, -0.25) is 4.90 Å². The van der Waals surface area contributed by atoms with Crippen LogP contribution in [0.5, 0.6) is 0 Å². The predicted molar refractivity (Wildman–Crippen MR) is 60.5 cm³/mol. The van der Waals surface area contributed by atoms with Crippen molar-refractivity contribution >= 4 is 6.09 Å². The van der Waals surface area contributed by atoms with E-state index >= 15 is 0 Å². The van der Waals surface area contributed by atoms with Gasteiger partial charge in [0.2, 0.25) is 0 Å². The van der Waals surface area contributed by atoms with Crippen molar-refractivity contribution in [3.8, 4) is 0 Å². The van der Waals surface area contributed by atoms with Crippen LogP contribution in [-0.4, -0.2) is 45.8 Å². The number of nitrogens with zero attached hydrogens (tertiary/aromatic N) is 1. The minimum Gasteiger partial charge on any atom is -0.444 e. The molecule has 0 radical (unpaired) electrons. The van der Waals surface area contributed by atoms with E-state index in [4.69, 9.17) is 4.74 Å². The lowest BCUT2D eigenvalue weighted by Gasteiger charge is -2.37. The Kier molecular flexibility index (Phi) is 3.04. The highest BCUT2D eigenvalue weighted by atomic mass is 19.3. The molecule has 4 nitrogen and oxygen atoms in total. The molecule has 2 saturated heterocycles. The molecule has 0 aromatic rings. The number of carbonyl (C=O) groups excluding carboxylic acids is 1. The van der Waals surface area contributed by atoms with Crippen LogP contribution in [-0.2, 0) is 4.74 Å². The summed E-state index contributed by atoms with van der Waals surface area (Å²) in [6.45, 7) is 5.09. The second kappa shape index (κ2) is 4.05. The summed E-state index contributed by atoms with van der Waals surface area (Å²) in [6, 6.07) is -1.86. The van der Waals surface area contributed by atoms with Gasteiger partial charge in [0.1, 0.15) is 11.6 Å². The van der Waals surface area contributed by atoms with Gasteiger partial charge in [-0.2, -0.15) is 0 Å². The Bertz CT molecular complexity index is 354. The maximum Gasteiger partial charge on any atom is 0.411 e. The van der Waals surface area contributed by atoms with Crippen molar-refractivity contribution in [3.63, 3.8) is 0 Å². The average molecular weight is 263 g/mol. The molecule has 1 amide bonds. The lowest BCUT2D eigenvalue weighted by atomic mass is 10.00. The van der Waals surface area contributed by atoms with Gasteiger partial charge in [0.15, 0.2) is 0 Å². The highest BCUT2D eigenvalue weighted by molar-refractivity contribution is 5.70. The molecule has 0 aromatic carbocycles. The van der Waals surface area contributed by atoms with E-state index < -0.39 is 35.8 Å². The molecule has 1 unspecified atom stereocenters. The largest absolute Gasteiger partial charge is 0.444 e. The average Bonchev–Trinajstić information content (AvgIpc) is 2.28. The van der Waals surface area contributed by atoms with Gasteiger partial charge in [-0.1, -0.05) is 0 Å². The highest BCUT2D eigenvalue weighted by Gasteiger charge is 2.59. The molecule has 18 heavy (non-hydrogen) atoms. The standard InChI is InChI=1S/C12H19F2NO3/c1-11(2,3)18-10(17)15-7-4-8(16)5-9(15)12(13,14)6-7/h7-9,16H,4-6H2,1-3H3/t7?,8-,9-/m1/s1. The number of piperidine rings is 1. The van der Waals surface area contributed by atoms with Crippen LogP contribution in [0.4, 0.5) is 13.6 Å². The van der Waals surface area contributed by atoms with Crippen LogP contribution < -0.4 is 0 Å². The molecular formula is C12H19F2NO3. The summed E-state index contributed by atoms with van der Waals surface area (Å²) in [5, 5.41) is 9.54. The number of aliphatic hydroxyl groups excluding tert-OH is 1. The highest BCUT2D eigenvalue weighted by Crippen LogP contribution is 2.46. The van der Waals surface area contributed by atoms with Crippen LogP contribution in [0.25, 0.3) is 0 Å². The number of hydrogen-bond acceptors (Lipinski definition) is 3. The number of ether oxygens (including phenoxy) is 1. The number of hydrogen-bond donors (Lipinski definition) is 1. The number of alkyl halides is 2. The summed E-state index contributed by atoms with van der Waals surface area (Å²) in [5.41, 5.74) is -0.706. The number of rotatable bonds is 0. The molecule has 2 fully saturated rings. The normalized spacial score (nSPS) is 34.6. The maximum atomic E-state index is 13.8. The van der Waals surface area contributed by atoms with E-state index in [1.807, 2.05) is 0 Å². The van der Waals surface area contributed by atoms with Crippen molar-refractivity contribution in [3.05, 3.63) is 0 Å². The third kappa shape index (κ3) is 2.43. The molecule has 2 bridgehead atoms. The summed E-state index contributed by atoms with van der Waals surface area (Å²) >= 11 is 0. The van der Waals surface area contributed by atoms with Crippen LogP contribution in [0.1, 0.15) is 40.0 Å². The van der Waals surface area contributed by atoms with Crippen LogP contribution in [0.3, 0.4) is 0 Å². The van der Waals surface area contributed by atoms with Gasteiger partial charge in [0.25, 0.3) is 5.92 Å². The van der Waals surface area contributed by atoms with Gasteiger partial charge in [-0.15, -0.1) is 0 Å². The van der Waals surface area contributed by atoms with Gasteiger partial charge in [0, 0.05) is 12.5 Å². The molecule has 0 spiro atoms. The minimum atomic E-state index is -2.93. The molecule has 3 atom stereocenters. The lowest BCUT2D eigenvalue weighted by molar-refractivity contribution is -0.0634. The van der Waals surface area contributed by atoms with Crippen molar-refractivity contribution in [2.75, 3.05) is 0 Å². The number of carbonyl (C=O) groups is 1.